The average molecular weight is 204 g/mol. The third kappa shape index (κ3) is 1.83. The fourth-order valence-corrected chi connectivity index (χ4v) is 1.87. The molecule has 0 saturated heterocycles. The largest absolute Gasteiger partial charge is 0.508 e. The van der Waals surface area contributed by atoms with E-state index in [4.69, 9.17) is 0 Å². The van der Waals surface area contributed by atoms with Gasteiger partial charge in [-0.2, -0.15) is 0 Å². The van der Waals surface area contributed by atoms with Crippen LogP contribution in [-0.4, -0.2) is 29.1 Å². The van der Waals surface area contributed by atoms with E-state index in [9.17, 15) is 5.11 Å². The van der Waals surface area contributed by atoms with E-state index in [1.165, 1.54) is 0 Å². The smallest absolute Gasteiger partial charge is 0.120 e. The van der Waals surface area contributed by atoms with Crippen molar-refractivity contribution in [1.82, 2.24) is 9.88 Å². The maximum atomic E-state index is 9.83. The maximum Gasteiger partial charge on any atom is 0.120 e. The van der Waals surface area contributed by atoms with Crippen molar-refractivity contribution in [1.29, 1.82) is 0 Å². The van der Waals surface area contributed by atoms with Crippen molar-refractivity contribution < 1.29 is 5.11 Å². The van der Waals surface area contributed by atoms with Gasteiger partial charge in [0.1, 0.15) is 5.75 Å². The zero-order chi connectivity index (χ0) is 11.0. The highest BCUT2D eigenvalue weighted by Crippen LogP contribution is 2.28. The Morgan fingerprint density at radius 3 is 2.73 bits per heavy atom. The number of aromatic amines is 1. The molecule has 15 heavy (non-hydrogen) atoms. The predicted molar refractivity (Wildman–Crippen MR) is 62.1 cm³/mol. The summed E-state index contributed by atoms with van der Waals surface area (Å²) in [4.78, 5) is 5.32. The second kappa shape index (κ2) is 3.59. The molecule has 0 unspecified atom stereocenters. The van der Waals surface area contributed by atoms with Crippen molar-refractivity contribution in [2.24, 2.45) is 0 Å². The number of rotatable bonds is 2. The zero-order valence-electron chi connectivity index (χ0n) is 9.33. The molecule has 3 heteroatoms. The molecule has 0 radical (unpaired) electrons. The summed E-state index contributed by atoms with van der Waals surface area (Å²) in [5.74, 6) is 0.371. The lowest BCUT2D eigenvalue weighted by molar-refractivity contribution is 0.388. The van der Waals surface area contributed by atoms with Gasteiger partial charge in [0.15, 0.2) is 0 Å². The van der Waals surface area contributed by atoms with Crippen molar-refractivity contribution in [2.75, 3.05) is 14.1 Å². The SMILES string of the molecule is Cc1cc2c(CN(C)C)c(O)ccc2[nH]1. The normalized spacial score (nSPS) is 11.5. The van der Waals surface area contributed by atoms with Gasteiger partial charge in [0.25, 0.3) is 0 Å². The summed E-state index contributed by atoms with van der Waals surface area (Å²) < 4.78 is 0. The van der Waals surface area contributed by atoms with Crippen molar-refractivity contribution in [3.05, 3.63) is 29.5 Å². The average Bonchev–Trinajstić information content (AvgIpc) is 2.51. The number of hydrogen-bond acceptors (Lipinski definition) is 2. The van der Waals surface area contributed by atoms with Crippen LogP contribution in [0.5, 0.6) is 5.75 Å². The molecule has 2 aromatic rings. The minimum absolute atomic E-state index is 0.371. The number of phenols is 1. The van der Waals surface area contributed by atoms with E-state index < -0.39 is 0 Å². The Morgan fingerprint density at radius 1 is 1.33 bits per heavy atom. The number of aromatic hydroxyl groups is 1. The van der Waals surface area contributed by atoms with Crippen LogP contribution in [0.15, 0.2) is 18.2 Å². The van der Waals surface area contributed by atoms with Gasteiger partial charge in [-0.05, 0) is 39.2 Å². The summed E-state index contributed by atoms with van der Waals surface area (Å²) in [6.07, 6.45) is 0. The van der Waals surface area contributed by atoms with Crippen LogP contribution >= 0.6 is 0 Å². The highest BCUT2D eigenvalue weighted by atomic mass is 16.3. The number of aryl methyl sites for hydroxylation is 1. The van der Waals surface area contributed by atoms with Crippen LogP contribution in [0.2, 0.25) is 0 Å². The molecular weight excluding hydrogens is 188 g/mol. The highest BCUT2D eigenvalue weighted by Gasteiger charge is 2.09. The standard InChI is InChI=1S/C12H16N2O/c1-8-6-9-10(7-14(2)3)12(15)5-4-11(9)13-8/h4-6,13,15H,7H2,1-3H3. The van der Waals surface area contributed by atoms with E-state index in [-0.39, 0.29) is 0 Å². The van der Waals surface area contributed by atoms with Crippen LogP contribution in [0.25, 0.3) is 10.9 Å². The molecule has 1 aromatic heterocycles. The molecule has 0 aliphatic heterocycles. The summed E-state index contributed by atoms with van der Waals surface area (Å²) in [5.41, 5.74) is 3.19. The quantitative estimate of drug-likeness (QED) is 0.787. The molecule has 0 aliphatic rings. The van der Waals surface area contributed by atoms with Gasteiger partial charge in [-0.3, -0.25) is 0 Å². The number of fused-ring (bicyclic) bond motifs is 1. The second-order valence-corrected chi connectivity index (χ2v) is 4.21. The Balaban J connectivity index is 2.62. The number of aromatic nitrogens is 1. The predicted octanol–water partition coefficient (Wildman–Crippen LogP) is 2.24. The van der Waals surface area contributed by atoms with Crippen LogP contribution in [0.1, 0.15) is 11.3 Å². The first-order valence-corrected chi connectivity index (χ1v) is 5.03. The van der Waals surface area contributed by atoms with Crippen molar-refractivity contribution in [3.63, 3.8) is 0 Å². The lowest BCUT2D eigenvalue weighted by atomic mass is 10.1. The van der Waals surface area contributed by atoms with Crippen LogP contribution in [-0.2, 0) is 6.54 Å². The summed E-state index contributed by atoms with van der Waals surface area (Å²) in [6.45, 7) is 2.77. The van der Waals surface area contributed by atoms with Crippen molar-refractivity contribution in [3.8, 4) is 5.75 Å². The lowest BCUT2D eigenvalue weighted by Gasteiger charge is -2.12. The van der Waals surface area contributed by atoms with Gasteiger partial charge in [-0.15, -0.1) is 0 Å². The lowest BCUT2D eigenvalue weighted by Crippen LogP contribution is -2.10. The van der Waals surface area contributed by atoms with E-state index in [2.05, 4.69) is 16.0 Å². The number of phenolic OH excluding ortho intramolecular Hbond substituents is 1. The van der Waals surface area contributed by atoms with E-state index in [1.807, 2.05) is 27.1 Å². The van der Waals surface area contributed by atoms with Gasteiger partial charge >= 0.3 is 0 Å². The fraction of sp³-hybridized carbons (Fsp3) is 0.333. The van der Waals surface area contributed by atoms with E-state index >= 15 is 0 Å². The zero-order valence-corrected chi connectivity index (χ0v) is 9.33. The van der Waals surface area contributed by atoms with Crippen LogP contribution < -0.4 is 0 Å². The Bertz CT molecular complexity index is 486. The molecule has 1 heterocycles. The molecule has 1 aromatic carbocycles. The van der Waals surface area contributed by atoms with Crippen LogP contribution in [0.3, 0.4) is 0 Å². The van der Waals surface area contributed by atoms with Gasteiger partial charge in [-0.25, -0.2) is 0 Å². The molecule has 80 valence electrons. The van der Waals surface area contributed by atoms with Crippen LogP contribution in [0.4, 0.5) is 0 Å². The number of H-pyrrole nitrogens is 1. The molecule has 0 bridgehead atoms. The third-order valence-electron chi connectivity index (χ3n) is 2.50. The first kappa shape index (κ1) is 10.1. The molecule has 0 amide bonds. The number of nitrogens with zero attached hydrogens (tertiary/aromatic N) is 1. The number of benzene rings is 1. The van der Waals surface area contributed by atoms with Gasteiger partial charge in [0, 0.05) is 28.7 Å². The van der Waals surface area contributed by atoms with E-state index in [1.54, 1.807) is 6.07 Å². The van der Waals surface area contributed by atoms with Gasteiger partial charge < -0.3 is 15.0 Å². The Hall–Kier alpha value is -1.48. The fourth-order valence-electron chi connectivity index (χ4n) is 1.87. The van der Waals surface area contributed by atoms with Crippen LogP contribution in [0, 0.1) is 6.92 Å². The van der Waals surface area contributed by atoms with Gasteiger partial charge in [-0.1, -0.05) is 0 Å². The highest BCUT2D eigenvalue weighted by molar-refractivity contribution is 5.86. The summed E-state index contributed by atoms with van der Waals surface area (Å²) in [7, 11) is 4.00. The molecule has 2 rings (SSSR count). The maximum absolute atomic E-state index is 9.83. The summed E-state index contributed by atoms with van der Waals surface area (Å²) >= 11 is 0. The molecule has 0 fully saturated rings. The summed E-state index contributed by atoms with van der Waals surface area (Å²) in [5, 5.41) is 10.9. The first-order valence-electron chi connectivity index (χ1n) is 5.03. The minimum atomic E-state index is 0.371. The Morgan fingerprint density at radius 2 is 2.07 bits per heavy atom. The summed E-state index contributed by atoms with van der Waals surface area (Å²) in [6, 6.07) is 5.74. The molecule has 0 atom stereocenters. The monoisotopic (exact) mass is 204 g/mol. The topological polar surface area (TPSA) is 39.3 Å². The van der Waals surface area contributed by atoms with Crippen molar-refractivity contribution >= 4 is 10.9 Å². The molecule has 2 N–H and O–H groups in total. The van der Waals surface area contributed by atoms with Crippen molar-refractivity contribution in [2.45, 2.75) is 13.5 Å². The molecule has 0 saturated carbocycles. The Kier molecular flexibility index (Phi) is 2.40. The second-order valence-electron chi connectivity index (χ2n) is 4.21. The Labute approximate surface area is 89.3 Å². The minimum Gasteiger partial charge on any atom is -0.508 e. The number of nitrogens with one attached hydrogen (secondary N) is 1. The molecule has 0 aliphatic carbocycles. The third-order valence-corrected chi connectivity index (χ3v) is 2.50. The first-order chi connectivity index (χ1) is 7.08. The molecule has 3 nitrogen and oxygen atoms in total. The van der Waals surface area contributed by atoms with E-state index in [0.29, 0.717) is 5.75 Å². The van der Waals surface area contributed by atoms with E-state index in [0.717, 1.165) is 28.7 Å². The van der Waals surface area contributed by atoms with Gasteiger partial charge in [0.2, 0.25) is 0 Å². The molecule has 0 spiro atoms. The molecular formula is C12H16N2O. The number of hydrogen-bond donors (Lipinski definition) is 2. The van der Waals surface area contributed by atoms with Gasteiger partial charge in [0.05, 0.1) is 0 Å².